The number of para-hydroxylation sites is 1. The fourth-order valence-electron chi connectivity index (χ4n) is 2.33. The van der Waals surface area contributed by atoms with E-state index < -0.39 is 10.0 Å². The molecule has 0 fully saturated rings. The van der Waals surface area contributed by atoms with Crippen LogP contribution in [0.4, 0.5) is 5.69 Å². The standard InChI is InChI=1S/C18H23NO4S/c1-4-14-9-7-8-10-16(14)19-24(20,21)15-11-12-17(22-5-2)18(13-15)23-6-3/h7-13,19H,4-6H2,1-3H3. The first-order valence-electron chi connectivity index (χ1n) is 8.02. The third-order valence-electron chi connectivity index (χ3n) is 3.47. The molecule has 0 aliphatic carbocycles. The Bertz CT molecular complexity index is 787. The van der Waals surface area contributed by atoms with E-state index in [0.29, 0.717) is 30.4 Å². The lowest BCUT2D eigenvalue weighted by molar-refractivity contribution is 0.287. The molecule has 2 aromatic carbocycles. The Morgan fingerprint density at radius 3 is 2.25 bits per heavy atom. The molecule has 0 atom stereocenters. The highest BCUT2D eigenvalue weighted by Crippen LogP contribution is 2.31. The first kappa shape index (κ1) is 18.1. The van der Waals surface area contributed by atoms with Crippen molar-refractivity contribution in [3.05, 3.63) is 48.0 Å². The molecule has 0 aliphatic heterocycles. The van der Waals surface area contributed by atoms with Crippen LogP contribution in [-0.4, -0.2) is 21.6 Å². The maximum Gasteiger partial charge on any atom is 0.262 e. The van der Waals surface area contributed by atoms with Crippen molar-refractivity contribution in [1.82, 2.24) is 0 Å². The van der Waals surface area contributed by atoms with Crippen molar-refractivity contribution in [3.8, 4) is 11.5 Å². The fraction of sp³-hybridized carbons (Fsp3) is 0.333. The van der Waals surface area contributed by atoms with Gasteiger partial charge in [0.25, 0.3) is 10.0 Å². The maximum absolute atomic E-state index is 12.7. The lowest BCUT2D eigenvalue weighted by Gasteiger charge is -2.14. The zero-order valence-electron chi connectivity index (χ0n) is 14.2. The molecule has 5 nitrogen and oxygen atoms in total. The molecular weight excluding hydrogens is 326 g/mol. The molecule has 130 valence electrons. The summed E-state index contributed by atoms with van der Waals surface area (Å²) < 4.78 is 39.0. The average molecular weight is 349 g/mol. The van der Waals surface area contributed by atoms with E-state index in [1.807, 2.05) is 32.9 Å². The van der Waals surface area contributed by atoms with Crippen LogP contribution in [0.25, 0.3) is 0 Å². The summed E-state index contributed by atoms with van der Waals surface area (Å²) in [6.07, 6.45) is 0.742. The molecule has 2 aromatic rings. The molecule has 0 aromatic heterocycles. The highest BCUT2D eigenvalue weighted by Gasteiger charge is 2.18. The van der Waals surface area contributed by atoms with Crippen LogP contribution in [-0.2, 0) is 16.4 Å². The second-order valence-corrected chi connectivity index (χ2v) is 6.77. The quantitative estimate of drug-likeness (QED) is 0.786. The van der Waals surface area contributed by atoms with Crippen molar-refractivity contribution in [3.63, 3.8) is 0 Å². The van der Waals surface area contributed by atoms with Crippen molar-refractivity contribution >= 4 is 15.7 Å². The van der Waals surface area contributed by atoms with Gasteiger partial charge in [0, 0.05) is 6.07 Å². The molecule has 6 heteroatoms. The van der Waals surface area contributed by atoms with E-state index in [1.165, 1.54) is 12.1 Å². The van der Waals surface area contributed by atoms with Crippen LogP contribution in [0, 0.1) is 0 Å². The summed E-state index contributed by atoms with van der Waals surface area (Å²) in [6.45, 7) is 6.59. The number of benzene rings is 2. The Hall–Kier alpha value is -2.21. The van der Waals surface area contributed by atoms with Crippen LogP contribution in [0.3, 0.4) is 0 Å². The van der Waals surface area contributed by atoms with E-state index >= 15 is 0 Å². The molecule has 0 unspecified atom stereocenters. The minimum Gasteiger partial charge on any atom is -0.490 e. The molecule has 0 aliphatic rings. The Morgan fingerprint density at radius 1 is 0.917 bits per heavy atom. The number of hydrogen-bond donors (Lipinski definition) is 1. The van der Waals surface area contributed by atoms with Gasteiger partial charge in [-0.1, -0.05) is 25.1 Å². The predicted octanol–water partition coefficient (Wildman–Crippen LogP) is 3.85. The predicted molar refractivity (Wildman–Crippen MR) is 95.4 cm³/mol. The Kier molecular flexibility index (Phi) is 6.09. The van der Waals surface area contributed by atoms with Gasteiger partial charge in [0.1, 0.15) is 0 Å². The van der Waals surface area contributed by atoms with Gasteiger partial charge >= 0.3 is 0 Å². The normalized spacial score (nSPS) is 11.1. The number of nitrogens with one attached hydrogen (secondary N) is 1. The maximum atomic E-state index is 12.7. The van der Waals surface area contributed by atoms with Gasteiger partial charge in [-0.05, 0) is 44.0 Å². The fourth-order valence-corrected chi connectivity index (χ4v) is 3.45. The molecule has 0 heterocycles. The van der Waals surface area contributed by atoms with Gasteiger partial charge in [-0.25, -0.2) is 8.42 Å². The van der Waals surface area contributed by atoms with Crippen LogP contribution in [0.5, 0.6) is 11.5 Å². The van der Waals surface area contributed by atoms with Crippen LogP contribution >= 0.6 is 0 Å². The monoisotopic (exact) mass is 349 g/mol. The van der Waals surface area contributed by atoms with E-state index in [1.54, 1.807) is 18.2 Å². The summed E-state index contributed by atoms with van der Waals surface area (Å²) in [7, 11) is -3.70. The van der Waals surface area contributed by atoms with E-state index in [0.717, 1.165) is 12.0 Å². The zero-order valence-corrected chi connectivity index (χ0v) is 15.0. The minimum atomic E-state index is -3.70. The SMILES string of the molecule is CCOc1ccc(S(=O)(=O)Nc2ccccc2CC)cc1OCC. The van der Waals surface area contributed by atoms with Crippen LogP contribution in [0.15, 0.2) is 47.4 Å². The number of ether oxygens (including phenoxy) is 2. The first-order chi connectivity index (χ1) is 11.5. The van der Waals surface area contributed by atoms with Crippen LogP contribution < -0.4 is 14.2 Å². The summed E-state index contributed by atoms with van der Waals surface area (Å²) in [5.41, 5.74) is 1.53. The molecule has 24 heavy (non-hydrogen) atoms. The van der Waals surface area contributed by atoms with Crippen LogP contribution in [0.1, 0.15) is 26.3 Å². The topological polar surface area (TPSA) is 64.6 Å². The van der Waals surface area contributed by atoms with Gasteiger partial charge in [-0.15, -0.1) is 0 Å². The number of aryl methyl sites for hydroxylation is 1. The number of hydrogen-bond acceptors (Lipinski definition) is 4. The van der Waals surface area contributed by atoms with E-state index in [9.17, 15) is 8.42 Å². The molecule has 0 radical (unpaired) electrons. The smallest absolute Gasteiger partial charge is 0.262 e. The third kappa shape index (κ3) is 4.20. The first-order valence-corrected chi connectivity index (χ1v) is 9.50. The van der Waals surface area contributed by atoms with Gasteiger partial charge in [-0.3, -0.25) is 4.72 Å². The zero-order chi connectivity index (χ0) is 17.6. The third-order valence-corrected chi connectivity index (χ3v) is 4.83. The van der Waals surface area contributed by atoms with Gasteiger partial charge < -0.3 is 9.47 Å². The van der Waals surface area contributed by atoms with Gasteiger partial charge in [0.15, 0.2) is 11.5 Å². The highest BCUT2D eigenvalue weighted by molar-refractivity contribution is 7.92. The molecule has 0 saturated heterocycles. The Morgan fingerprint density at radius 2 is 1.58 bits per heavy atom. The van der Waals surface area contributed by atoms with Crippen LogP contribution in [0.2, 0.25) is 0 Å². The minimum absolute atomic E-state index is 0.139. The summed E-state index contributed by atoms with van der Waals surface area (Å²) in [6, 6.07) is 12.0. The van der Waals surface area contributed by atoms with Crippen molar-refractivity contribution in [2.24, 2.45) is 0 Å². The Balaban J connectivity index is 2.36. The van der Waals surface area contributed by atoms with Gasteiger partial charge in [-0.2, -0.15) is 0 Å². The molecular formula is C18H23NO4S. The highest BCUT2D eigenvalue weighted by atomic mass is 32.2. The van der Waals surface area contributed by atoms with Crippen molar-refractivity contribution < 1.29 is 17.9 Å². The molecule has 1 N–H and O–H groups in total. The second kappa shape index (κ2) is 8.06. The second-order valence-electron chi connectivity index (χ2n) is 5.09. The molecule has 0 saturated carbocycles. The summed E-state index contributed by atoms with van der Waals surface area (Å²) in [5.74, 6) is 0.957. The average Bonchev–Trinajstić information content (AvgIpc) is 2.57. The largest absolute Gasteiger partial charge is 0.490 e. The van der Waals surface area contributed by atoms with E-state index in [-0.39, 0.29) is 4.90 Å². The van der Waals surface area contributed by atoms with Gasteiger partial charge in [0.05, 0.1) is 23.8 Å². The lowest BCUT2D eigenvalue weighted by atomic mass is 10.1. The number of rotatable bonds is 8. The number of anilines is 1. The molecule has 0 spiro atoms. The summed E-state index contributed by atoms with van der Waals surface area (Å²) >= 11 is 0. The van der Waals surface area contributed by atoms with Crippen molar-refractivity contribution in [1.29, 1.82) is 0 Å². The summed E-state index contributed by atoms with van der Waals surface area (Å²) in [5, 5.41) is 0. The Labute approximate surface area is 143 Å². The lowest BCUT2D eigenvalue weighted by Crippen LogP contribution is -2.14. The van der Waals surface area contributed by atoms with Crippen molar-refractivity contribution in [2.75, 3.05) is 17.9 Å². The van der Waals surface area contributed by atoms with Gasteiger partial charge in [0.2, 0.25) is 0 Å². The molecule has 0 amide bonds. The van der Waals surface area contributed by atoms with E-state index in [2.05, 4.69) is 4.72 Å². The van der Waals surface area contributed by atoms with E-state index in [4.69, 9.17) is 9.47 Å². The molecule has 2 rings (SSSR count). The van der Waals surface area contributed by atoms with Crippen molar-refractivity contribution in [2.45, 2.75) is 32.1 Å². The molecule has 0 bridgehead atoms. The number of sulfonamides is 1. The summed E-state index contributed by atoms with van der Waals surface area (Å²) in [4.78, 5) is 0.139.